The van der Waals surface area contributed by atoms with E-state index in [-0.39, 0.29) is 48.4 Å². The maximum Gasteiger partial charge on any atom is 0.401 e. The number of nitrogens with zero attached hydrogens (tertiary/aromatic N) is 2. The zero-order valence-electron chi connectivity index (χ0n) is 17.9. The van der Waals surface area contributed by atoms with Crippen molar-refractivity contribution in [3.05, 3.63) is 35.4 Å². The number of hydrogen-bond acceptors (Lipinski definition) is 4. The number of sulfonamides is 1. The highest BCUT2D eigenvalue weighted by atomic mass is 127. The molecule has 7 nitrogen and oxygen atoms in total. The topological polar surface area (TPSA) is 85.8 Å². The lowest BCUT2D eigenvalue weighted by atomic mass is 10.1. The Hall–Kier alpha value is -1.12. The predicted molar refractivity (Wildman–Crippen MR) is 127 cm³/mol. The molecule has 1 saturated heterocycles. The number of benzene rings is 1. The van der Waals surface area contributed by atoms with Gasteiger partial charge in [0.25, 0.3) is 0 Å². The third-order valence-electron chi connectivity index (χ3n) is 4.57. The van der Waals surface area contributed by atoms with E-state index in [1.807, 2.05) is 12.1 Å². The first kappa shape index (κ1) is 27.9. The highest BCUT2D eigenvalue weighted by molar-refractivity contribution is 14.0. The van der Waals surface area contributed by atoms with Crippen molar-refractivity contribution in [2.24, 2.45) is 4.99 Å². The van der Waals surface area contributed by atoms with E-state index in [1.165, 1.54) is 4.90 Å². The second-order valence-corrected chi connectivity index (χ2v) is 9.46. The highest BCUT2D eigenvalue weighted by Crippen LogP contribution is 2.20. The first-order valence-electron chi connectivity index (χ1n) is 9.80. The first-order valence-corrected chi connectivity index (χ1v) is 11.5. The smallest absolute Gasteiger partial charge is 0.352 e. The van der Waals surface area contributed by atoms with Gasteiger partial charge in [-0.3, -0.25) is 9.89 Å². The Kier molecular flexibility index (Phi) is 11.0. The quantitative estimate of drug-likeness (QED) is 0.251. The molecule has 31 heavy (non-hydrogen) atoms. The van der Waals surface area contributed by atoms with Crippen molar-refractivity contribution in [2.45, 2.75) is 50.8 Å². The van der Waals surface area contributed by atoms with Crippen LogP contribution in [0.25, 0.3) is 0 Å². The van der Waals surface area contributed by atoms with Gasteiger partial charge in [0.05, 0.1) is 12.3 Å². The van der Waals surface area contributed by atoms with Crippen molar-refractivity contribution >= 4 is 40.0 Å². The van der Waals surface area contributed by atoms with Gasteiger partial charge in [-0.1, -0.05) is 24.3 Å². The van der Waals surface area contributed by atoms with Gasteiger partial charge in [0.1, 0.15) is 0 Å². The summed E-state index contributed by atoms with van der Waals surface area (Å²) in [5.74, 6) is 0.330. The Labute approximate surface area is 199 Å². The summed E-state index contributed by atoms with van der Waals surface area (Å²) < 4.78 is 64.8. The fraction of sp³-hybridized carbons (Fsp3) is 0.632. The summed E-state index contributed by atoms with van der Waals surface area (Å²) in [6.07, 6.45) is -3.62. The van der Waals surface area contributed by atoms with Gasteiger partial charge in [-0.05, 0) is 31.4 Å². The van der Waals surface area contributed by atoms with Gasteiger partial charge in [-0.2, -0.15) is 13.2 Å². The van der Waals surface area contributed by atoms with E-state index < -0.39 is 22.7 Å². The summed E-state index contributed by atoms with van der Waals surface area (Å²) in [7, 11) is -1.88. The van der Waals surface area contributed by atoms with Crippen molar-refractivity contribution < 1.29 is 21.6 Å². The van der Waals surface area contributed by atoms with E-state index in [2.05, 4.69) is 20.3 Å². The second-order valence-electron chi connectivity index (χ2n) is 7.71. The summed E-state index contributed by atoms with van der Waals surface area (Å²) >= 11 is 0. The van der Waals surface area contributed by atoms with Crippen LogP contribution < -0.4 is 15.4 Å². The SMILES string of the molecule is CN=C(NCc1ccccc1CS(=O)(=O)NC(C)C)NC1CCN(CC(F)(F)F)C1.I. The van der Waals surface area contributed by atoms with Gasteiger partial charge in [0.15, 0.2) is 5.96 Å². The van der Waals surface area contributed by atoms with Crippen LogP contribution in [0.4, 0.5) is 13.2 Å². The molecule has 0 aromatic heterocycles. The zero-order chi connectivity index (χ0) is 22.4. The average molecular weight is 577 g/mol. The average Bonchev–Trinajstić information content (AvgIpc) is 3.03. The molecule has 1 atom stereocenters. The summed E-state index contributed by atoms with van der Waals surface area (Å²) in [4.78, 5) is 5.50. The number of halogens is 4. The Balaban J connectivity index is 0.00000480. The Bertz CT molecular complexity index is 834. The van der Waals surface area contributed by atoms with Crippen LogP contribution in [-0.4, -0.2) is 64.2 Å². The van der Waals surface area contributed by atoms with E-state index >= 15 is 0 Å². The fourth-order valence-corrected chi connectivity index (χ4v) is 4.88. The molecular weight excluding hydrogens is 546 g/mol. The monoisotopic (exact) mass is 577 g/mol. The number of nitrogens with one attached hydrogen (secondary N) is 3. The molecule has 2 rings (SSSR count). The van der Waals surface area contributed by atoms with E-state index in [0.717, 1.165) is 5.56 Å². The van der Waals surface area contributed by atoms with Crippen LogP contribution in [0.15, 0.2) is 29.3 Å². The molecule has 1 aromatic carbocycles. The summed E-state index contributed by atoms with van der Waals surface area (Å²) in [5.41, 5.74) is 1.48. The molecular formula is C19H31F3IN5O2S. The highest BCUT2D eigenvalue weighted by Gasteiger charge is 2.34. The van der Waals surface area contributed by atoms with Gasteiger partial charge >= 0.3 is 6.18 Å². The Morgan fingerprint density at radius 2 is 1.90 bits per heavy atom. The molecule has 1 fully saturated rings. The summed E-state index contributed by atoms with van der Waals surface area (Å²) in [5, 5.41) is 6.27. The minimum Gasteiger partial charge on any atom is -0.352 e. The molecule has 1 aliphatic rings. The van der Waals surface area contributed by atoms with Crippen LogP contribution in [0, 0.1) is 0 Å². The molecule has 0 bridgehead atoms. The maximum atomic E-state index is 12.6. The van der Waals surface area contributed by atoms with Crippen molar-refractivity contribution in [2.75, 3.05) is 26.7 Å². The molecule has 0 aliphatic carbocycles. The minimum absolute atomic E-state index is 0. The molecule has 1 heterocycles. The van der Waals surface area contributed by atoms with Crippen molar-refractivity contribution in [3.8, 4) is 0 Å². The van der Waals surface area contributed by atoms with Crippen LogP contribution in [0.5, 0.6) is 0 Å². The molecule has 3 N–H and O–H groups in total. The number of likely N-dealkylation sites (tertiary alicyclic amines) is 1. The number of guanidine groups is 1. The van der Waals surface area contributed by atoms with E-state index in [4.69, 9.17) is 0 Å². The Morgan fingerprint density at radius 1 is 1.26 bits per heavy atom. The molecule has 0 radical (unpaired) electrons. The second kappa shape index (κ2) is 12.2. The van der Waals surface area contributed by atoms with Crippen molar-refractivity contribution in [3.63, 3.8) is 0 Å². The minimum atomic E-state index is -4.21. The van der Waals surface area contributed by atoms with Crippen molar-refractivity contribution in [1.82, 2.24) is 20.3 Å². The van der Waals surface area contributed by atoms with Crippen LogP contribution >= 0.6 is 24.0 Å². The lowest BCUT2D eigenvalue weighted by Crippen LogP contribution is -2.45. The molecule has 1 unspecified atom stereocenters. The molecule has 12 heteroatoms. The number of rotatable bonds is 8. The number of alkyl halides is 3. The van der Waals surface area contributed by atoms with Gasteiger partial charge in [0.2, 0.25) is 10.0 Å². The maximum absolute atomic E-state index is 12.6. The molecule has 0 saturated carbocycles. The van der Waals surface area contributed by atoms with Gasteiger partial charge < -0.3 is 10.6 Å². The van der Waals surface area contributed by atoms with Gasteiger partial charge in [-0.25, -0.2) is 13.1 Å². The number of hydrogen-bond donors (Lipinski definition) is 3. The van der Waals surface area contributed by atoms with Crippen LogP contribution in [0.3, 0.4) is 0 Å². The molecule has 1 aliphatic heterocycles. The zero-order valence-corrected chi connectivity index (χ0v) is 21.0. The number of aliphatic imine (C=N–C) groups is 1. The van der Waals surface area contributed by atoms with Crippen LogP contribution in [0.2, 0.25) is 0 Å². The third kappa shape index (κ3) is 10.4. The lowest BCUT2D eigenvalue weighted by molar-refractivity contribution is -0.143. The van der Waals surface area contributed by atoms with Crippen molar-refractivity contribution in [1.29, 1.82) is 0 Å². The Morgan fingerprint density at radius 3 is 2.48 bits per heavy atom. The molecule has 178 valence electrons. The largest absolute Gasteiger partial charge is 0.401 e. The first-order chi connectivity index (χ1) is 14.0. The van der Waals surface area contributed by atoms with Crippen LogP contribution in [0.1, 0.15) is 31.4 Å². The van der Waals surface area contributed by atoms with Gasteiger partial charge in [0, 0.05) is 38.8 Å². The van der Waals surface area contributed by atoms with Gasteiger partial charge in [-0.15, -0.1) is 24.0 Å². The van der Waals surface area contributed by atoms with E-state index in [9.17, 15) is 21.6 Å². The summed E-state index contributed by atoms with van der Waals surface area (Å²) in [6.45, 7) is 3.61. The van der Waals surface area contributed by atoms with Crippen LogP contribution in [-0.2, 0) is 22.3 Å². The molecule has 1 aromatic rings. The standard InChI is InChI=1S/C19H30F3N5O2S.HI/c1-14(2)26-30(28,29)12-16-7-5-4-6-15(16)10-24-18(23-3)25-17-8-9-27(11-17)13-19(20,21)22;/h4-7,14,17,26H,8-13H2,1-3H3,(H2,23,24,25);1H. The normalized spacial score (nSPS) is 18.2. The van der Waals surface area contributed by atoms with E-state index in [1.54, 1.807) is 33.0 Å². The van der Waals surface area contributed by atoms with E-state index in [0.29, 0.717) is 31.0 Å². The fourth-order valence-electron chi connectivity index (χ4n) is 3.39. The molecule has 0 spiro atoms. The summed E-state index contributed by atoms with van der Waals surface area (Å²) in [6, 6.07) is 6.88. The molecule has 0 amide bonds. The predicted octanol–water partition coefficient (Wildman–Crippen LogP) is 2.43. The third-order valence-corrected chi connectivity index (χ3v) is 6.09. The lowest BCUT2D eigenvalue weighted by Gasteiger charge is -2.20.